The summed E-state index contributed by atoms with van der Waals surface area (Å²) in [5, 5.41) is 0.579. The molecular weight excluding hydrogens is 340 g/mol. The molecule has 3 rings (SSSR count). The Morgan fingerprint density at radius 2 is 2.05 bits per heavy atom. The lowest BCUT2D eigenvalue weighted by Gasteiger charge is -2.30. The van der Waals surface area contributed by atoms with Gasteiger partial charge < -0.3 is 4.74 Å². The van der Waals surface area contributed by atoms with Crippen LogP contribution in [0.15, 0.2) is 46.0 Å². The number of aromatic nitrogens is 1. The van der Waals surface area contributed by atoms with Gasteiger partial charge in [0.15, 0.2) is 5.72 Å². The highest BCUT2D eigenvalue weighted by Gasteiger charge is 2.30. The number of nitrogens with zero attached hydrogens (tertiary/aromatic N) is 2. The quantitative estimate of drug-likeness (QED) is 0.760. The van der Waals surface area contributed by atoms with Crippen LogP contribution in [0, 0.1) is 0 Å². The second-order valence-corrected chi connectivity index (χ2v) is 6.31. The van der Waals surface area contributed by atoms with Gasteiger partial charge in [-0.15, -0.1) is 0 Å². The van der Waals surface area contributed by atoms with E-state index < -0.39 is 5.72 Å². The van der Waals surface area contributed by atoms with Crippen LogP contribution in [-0.2, 0) is 0 Å². The van der Waals surface area contributed by atoms with E-state index in [0.717, 1.165) is 21.5 Å². The van der Waals surface area contributed by atoms with Gasteiger partial charge in [-0.05, 0) is 44.2 Å². The lowest BCUT2D eigenvalue weighted by molar-refractivity contribution is 0.115. The van der Waals surface area contributed by atoms with Crippen LogP contribution < -0.4 is 4.74 Å². The number of pyridine rings is 1. The fourth-order valence-corrected chi connectivity index (χ4v) is 2.71. The van der Waals surface area contributed by atoms with Crippen molar-refractivity contribution in [1.29, 1.82) is 0 Å². The summed E-state index contributed by atoms with van der Waals surface area (Å²) in [4.78, 5) is 9.02. The van der Waals surface area contributed by atoms with Crippen LogP contribution in [0.1, 0.15) is 25.1 Å². The highest BCUT2D eigenvalue weighted by molar-refractivity contribution is 9.10. The molecule has 0 aliphatic carbocycles. The highest BCUT2D eigenvalue weighted by atomic mass is 79.9. The van der Waals surface area contributed by atoms with Crippen molar-refractivity contribution < 1.29 is 4.74 Å². The maximum absolute atomic E-state index is 6.26. The first kappa shape index (κ1) is 13.6. The number of rotatable bonds is 1. The Hall–Kier alpha value is -1.39. The van der Waals surface area contributed by atoms with Crippen molar-refractivity contribution in [2.24, 2.45) is 4.99 Å². The number of hydrogen-bond acceptors (Lipinski definition) is 3. The summed E-state index contributed by atoms with van der Waals surface area (Å²) in [5.74, 6) is 0.782. The second-order valence-electron chi connectivity index (χ2n) is 4.98. The predicted molar refractivity (Wildman–Crippen MR) is 83.7 cm³/mol. The van der Waals surface area contributed by atoms with Crippen LogP contribution in [-0.4, -0.2) is 16.4 Å². The highest BCUT2D eigenvalue weighted by Crippen LogP contribution is 2.35. The third-order valence-corrected chi connectivity index (χ3v) is 3.72. The van der Waals surface area contributed by atoms with Crippen LogP contribution >= 0.6 is 27.5 Å². The van der Waals surface area contributed by atoms with Gasteiger partial charge in [0.1, 0.15) is 17.2 Å². The van der Waals surface area contributed by atoms with E-state index in [0.29, 0.717) is 10.7 Å². The predicted octanol–water partition coefficient (Wildman–Crippen LogP) is 4.46. The van der Waals surface area contributed by atoms with E-state index in [1.54, 1.807) is 12.3 Å². The maximum Gasteiger partial charge on any atom is 0.195 e. The van der Waals surface area contributed by atoms with Gasteiger partial charge in [-0.1, -0.05) is 27.5 Å². The Balaban J connectivity index is 2.25. The Labute approximate surface area is 130 Å². The monoisotopic (exact) mass is 350 g/mol. The second kappa shape index (κ2) is 4.86. The Morgan fingerprint density at radius 3 is 2.80 bits per heavy atom. The molecule has 5 heteroatoms. The minimum absolute atomic E-state index is 0.579. The van der Waals surface area contributed by atoms with Crippen LogP contribution in [0.3, 0.4) is 0 Å². The number of ether oxygens (including phenoxy) is 1. The van der Waals surface area contributed by atoms with E-state index >= 15 is 0 Å². The molecule has 1 aliphatic rings. The molecule has 0 amide bonds. The van der Waals surface area contributed by atoms with E-state index in [2.05, 4.69) is 25.9 Å². The molecule has 0 N–H and O–H groups in total. The first-order valence-electron chi connectivity index (χ1n) is 6.16. The average molecular weight is 352 g/mol. The van der Waals surface area contributed by atoms with E-state index in [9.17, 15) is 0 Å². The van der Waals surface area contributed by atoms with Crippen molar-refractivity contribution in [2.45, 2.75) is 19.6 Å². The minimum atomic E-state index is -0.642. The van der Waals surface area contributed by atoms with E-state index in [4.69, 9.17) is 16.3 Å². The molecule has 1 aromatic heterocycles. The fourth-order valence-electron chi connectivity index (χ4n) is 2.14. The number of aliphatic imine (C=N–C) groups is 1. The maximum atomic E-state index is 6.26. The van der Waals surface area contributed by atoms with Crippen LogP contribution in [0.5, 0.6) is 5.75 Å². The van der Waals surface area contributed by atoms with Crippen molar-refractivity contribution >= 4 is 33.2 Å². The standard InChI is InChI=1S/C15H12BrClN2O/c1-15(2)19-13(14-11(17)4-3-7-18-14)10-8-9(16)5-6-12(10)20-15/h3-8H,1-2H3. The van der Waals surface area contributed by atoms with Gasteiger partial charge >= 0.3 is 0 Å². The van der Waals surface area contributed by atoms with Crippen molar-refractivity contribution in [3.8, 4) is 5.75 Å². The van der Waals surface area contributed by atoms with Gasteiger partial charge in [0.2, 0.25) is 0 Å². The minimum Gasteiger partial charge on any atom is -0.466 e. The Bertz CT molecular complexity index is 713. The third kappa shape index (κ3) is 2.45. The average Bonchev–Trinajstić information content (AvgIpc) is 2.38. The van der Waals surface area contributed by atoms with Crippen LogP contribution in [0.4, 0.5) is 0 Å². The smallest absolute Gasteiger partial charge is 0.195 e. The molecule has 0 radical (unpaired) electrons. The molecule has 2 heterocycles. The van der Waals surface area contributed by atoms with E-state index in [1.165, 1.54) is 0 Å². The van der Waals surface area contributed by atoms with Gasteiger partial charge in [0.25, 0.3) is 0 Å². The van der Waals surface area contributed by atoms with Gasteiger partial charge in [-0.2, -0.15) is 0 Å². The summed E-state index contributed by atoms with van der Waals surface area (Å²) in [6.45, 7) is 3.82. The molecule has 0 saturated heterocycles. The van der Waals surface area contributed by atoms with Gasteiger partial charge in [-0.25, -0.2) is 4.99 Å². The lowest BCUT2D eigenvalue weighted by atomic mass is 10.0. The van der Waals surface area contributed by atoms with Crippen LogP contribution in [0.25, 0.3) is 0 Å². The zero-order valence-electron chi connectivity index (χ0n) is 11.0. The molecule has 3 nitrogen and oxygen atoms in total. The van der Waals surface area contributed by atoms with E-state index in [1.807, 2.05) is 38.1 Å². The molecule has 0 saturated carbocycles. The van der Waals surface area contributed by atoms with Gasteiger partial charge in [-0.3, -0.25) is 4.98 Å². The molecule has 102 valence electrons. The van der Waals surface area contributed by atoms with Crippen molar-refractivity contribution in [2.75, 3.05) is 0 Å². The molecule has 0 bridgehead atoms. The van der Waals surface area contributed by atoms with Crippen LogP contribution in [0.2, 0.25) is 5.02 Å². The number of halogens is 2. The zero-order chi connectivity index (χ0) is 14.3. The Kier molecular flexibility index (Phi) is 3.30. The molecular formula is C15H12BrClN2O. The number of fused-ring (bicyclic) bond motifs is 1. The summed E-state index contributed by atoms with van der Waals surface area (Å²) in [5.41, 5.74) is 1.67. The molecule has 2 aromatic rings. The summed E-state index contributed by atoms with van der Waals surface area (Å²) in [6.07, 6.45) is 1.71. The van der Waals surface area contributed by atoms with E-state index in [-0.39, 0.29) is 0 Å². The summed E-state index contributed by atoms with van der Waals surface area (Å²) >= 11 is 9.73. The topological polar surface area (TPSA) is 34.5 Å². The SMILES string of the molecule is CC1(C)N=C(c2ncccc2Cl)c2cc(Br)ccc2O1. The molecule has 0 fully saturated rings. The lowest BCUT2D eigenvalue weighted by Crippen LogP contribution is -2.32. The van der Waals surface area contributed by atoms with Gasteiger partial charge in [0.05, 0.1) is 5.02 Å². The van der Waals surface area contributed by atoms with Crippen molar-refractivity contribution in [3.05, 3.63) is 57.3 Å². The summed E-state index contributed by atoms with van der Waals surface area (Å²) < 4.78 is 6.84. The number of hydrogen-bond donors (Lipinski definition) is 0. The largest absolute Gasteiger partial charge is 0.466 e. The molecule has 0 spiro atoms. The molecule has 0 atom stereocenters. The molecule has 1 aromatic carbocycles. The first-order valence-corrected chi connectivity index (χ1v) is 7.33. The third-order valence-electron chi connectivity index (χ3n) is 2.92. The fraction of sp³-hybridized carbons (Fsp3) is 0.200. The summed E-state index contributed by atoms with van der Waals surface area (Å²) in [6, 6.07) is 9.45. The first-order chi connectivity index (χ1) is 9.46. The number of benzene rings is 1. The molecule has 0 unspecified atom stereocenters. The molecule has 20 heavy (non-hydrogen) atoms. The normalized spacial score (nSPS) is 16.1. The zero-order valence-corrected chi connectivity index (χ0v) is 13.4. The molecule has 1 aliphatic heterocycles. The summed E-state index contributed by atoms with van der Waals surface area (Å²) in [7, 11) is 0. The Morgan fingerprint density at radius 1 is 1.25 bits per heavy atom. The van der Waals surface area contributed by atoms with Crippen molar-refractivity contribution in [3.63, 3.8) is 0 Å². The van der Waals surface area contributed by atoms with Crippen molar-refractivity contribution in [1.82, 2.24) is 4.98 Å². The van der Waals surface area contributed by atoms with Gasteiger partial charge in [0, 0.05) is 16.2 Å².